The van der Waals surface area contributed by atoms with Crippen LogP contribution in [0.5, 0.6) is 0 Å². The predicted molar refractivity (Wildman–Crippen MR) is 84.7 cm³/mol. The van der Waals surface area contributed by atoms with E-state index in [1.54, 1.807) is 24.3 Å². The van der Waals surface area contributed by atoms with E-state index in [4.69, 9.17) is 10.6 Å². The largest absolute Gasteiger partial charge is 0.369 e. The first-order valence-corrected chi connectivity index (χ1v) is 7.49. The number of ketones is 1. The number of fused-ring (bicyclic) bond motifs is 1. The first-order valence-electron chi connectivity index (χ1n) is 7.49. The predicted octanol–water partition coefficient (Wildman–Crippen LogP) is 1.50. The molecule has 0 saturated carbocycles. The van der Waals surface area contributed by atoms with Crippen LogP contribution in [0.4, 0.5) is 10.1 Å². The van der Waals surface area contributed by atoms with Crippen molar-refractivity contribution < 1.29 is 18.8 Å². The van der Waals surface area contributed by atoms with Gasteiger partial charge < -0.3 is 5.73 Å². The molecule has 1 atom stereocenters. The number of rotatable bonds is 5. The Hall–Kier alpha value is -2.80. The number of hydrogen-bond acceptors (Lipinski definition) is 5. The van der Waals surface area contributed by atoms with E-state index in [1.165, 1.54) is 23.4 Å². The van der Waals surface area contributed by atoms with Crippen molar-refractivity contribution in [3.8, 4) is 0 Å². The van der Waals surface area contributed by atoms with Gasteiger partial charge in [-0.3, -0.25) is 24.5 Å². The molecule has 2 aromatic rings. The van der Waals surface area contributed by atoms with Gasteiger partial charge in [0, 0.05) is 6.20 Å². The third-order valence-corrected chi connectivity index (χ3v) is 3.82. The summed E-state index contributed by atoms with van der Waals surface area (Å²) in [5, 5.41) is 1.46. The van der Waals surface area contributed by atoms with E-state index in [9.17, 15) is 14.0 Å². The minimum atomic E-state index is -0.999. The topological polar surface area (TPSA) is 85.5 Å². The van der Waals surface area contributed by atoms with Crippen LogP contribution in [0.3, 0.4) is 0 Å². The van der Waals surface area contributed by atoms with E-state index < -0.39 is 17.6 Å². The van der Waals surface area contributed by atoms with Crippen LogP contribution >= 0.6 is 0 Å². The Kier molecular flexibility index (Phi) is 4.52. The first-order chi connectivity index (χ1) is 11.6. The number of Topliss-reactive ketones (excluding diaryl/α,β-unsaturated/α-hetero) is 1. The number of hydroxylamine groups is 1. The van der Waals surface area contributed by atoms with Crippen LogP contribution in [0, 0.1) is 11.7 Å². The number of aromatic nitrogens is 1. The second-order valence-corrected chi connectivity index (χ2v) is 5.46. The molecule has 124 valence electrons. The molecule has 3 rings (SSSR count). The summed E-state index contributed by atoms with van der Waals surface area (Å²) in [6.07, 6.45) is 1.96. The van der Waals surface area contributed by atoms with Crippen molar-refractivity contribution in [3.05, 3.63) is 59.7 Å². The summed E-state index contributed by atoms with van der Waals surface area (Å²) in [6.45, 7) is 0.299. The molecular weight excluding hydrogens is 313 g/mol. The third-order valence-electron chi connectivity index (χ3n) is 3.82. The molecule has 0 saturated heterocycles. The molecule has 2 N–H and O–H groups in total. The van der Waals surface area contributed by atoms with Crippen LogP contribution in [0.2, 0.25) is 0 Å². The Morgan fingerprint density at radius 3 is 2.96 bits per heavy atom. The highest BCUT2D eigenvalue weighted by molar-refractivity contribution is 6.13. The smallest absolute Gasteiger partial charge is 0.230 e. The second-order valence-electron chi connectivity index (χ2n) is 5.46. The molecule has 0 fully saturated rings. The number of carbonyl (C=O) groups excluding carboxylic acids is 2. The summed E-state index contributed by atoms with van der Waals surface area (Å²) in [7, 11) is 0. The molecule has 1 unspecified atom stereocenters. The number of nitrogens with two attached hydrogens (primary N) is 1. The van der Waals surface area contributed by atoms with Crippen molar-refractivity contribution in [2.24, 2.45) is 11.7 Å². The van der Waals surface area contributed by atoms with Crippen LogP contribution in [0.25, 0.3) is 0 Å². The van der Waals surface area contributed by atoms with Gasteiger partial charge in [-0.15, -0.1) is 0 Å². The third kappa shape index (κ3) is 3.26. The fourth-order valence-electron chi connectivity index (χ4n) is 2.61. The van der Waals surface area contributed by atoms with Gasteiger partial charge in [-0.2, -0.15) is 0 Å². The first kappa shape index (κ1) is 16.1. The van der Waals surface area contributed by atoms with Gasteiger partial charge in [0.1, 0.15) is 17.4 Å². The maximum atomic E-state index is 13.2. The zero-order chi connectivity index (χ0) is 17.1. The van der Waals surface area contributed by atoms with Gasteiger partial charge >= 0.3 is 0 Å². The molecule has 1 amide bonds. The van der Waals surface area contributed by atoms with E-state index >= 15 is 0 Å². The molecule has 24 heavy (non-hydrogen) atoms. The summed E-state index contributed by atoms with van der Waals surface area (Å²) in [5.74, 6) is -2.42. The van der Waals surface area contributed by atoms with Crippen LogP contribution in [0.1, 0.15) is 16.1 Å². The van der Waals surface area contributed by atoms with Crippen LogP contribution in [-0.4, -0.2) is 29.8 Å². The normalized spacial score (nSPS) is 16.8. The number of benzene rings is 1. The van der Waals surface area contributed by atoms with Gasteiger partial charge in [0.05, 0.1) is 18.8 Å². The molecule has 1 aliphatic rings. The lowest BCUT2D eigenvalue weighted by Crippen LogP contribution is -2.45. The lowest BCUT2D eigenvalue weighted by molar-refractivity contribution is -0.120. The molecule has 1 aliphatic heterocycles. The monoisotopic (exact) mass is 329 g/mol. The summed E-state index contributed by atoms with van der Waals surface area (Å²) in [4.78, 5) is 33.5. The number of pyridine rings is 1. The lowest BCUT2D eigenvalue weighted by Gasteiger charge is -2.32. The SMILES string of the molecule is NC(=O)C1CN(OCCc2cccc(F)c2)c2cccnc2C1=O. The van der Waals surface area contributed by atoms with Crippen LogP contribution in [-0.2, 0) is 16.1 Å². The minimum Gasteiger partial charge on any atom is -0.369 e. The lowest BCUT2D eigenvalue weighted by atomic mass is 9.95. The molecule has 0 radical (unpaired) electrons. The van der Waals surface area contributed by atoms with Crippen molar-refractivity contribution >= 4 is 17.4 Å². The molecule has 6 nitrogen and oxygen atoms in total. The molecule has 1 aromatic heterocycles. The molecular formula is C17H16FN3O3. The van der Waals surface area contributed by atoms with Gasteiger partial charge in [-0.1, -0.05) is 12.1 Å². The maximum absolute atomic E-state index is 13.2. The van der Waals surface area contributed by atoms with E-state index in [0.29, 0.717) is 12.1 Å². The highest BCUT2D eigenvalue weighted by atomic mass is 19.1. The van der Waals surface area contributed by atoms with Crippen LogP contribution < -0.4 is 10.8 Å². The van der Waals surface area contributed by atoms with Gasteiger partial charge in [0.25, 0.3) is 0 Å². The van der Waals surface area contributed by atoms with E-state index in [2.05, 4.69) is 4.98 Å². The molecule has 0 aliphatic carbocycles. The highest BCUT2D eigenvalue weighted by Crippen LogP contribution is 2.28. The minimum absolute atomic E-state index is 0.0377. The number of carbonyl (C=O) groups is 2. The molecule has 0 bridgehead atoms. The Labute approximate surface area is 138 Å². The summed E-state index contributed by atoms with van der Waals surface area (Å²) in [5.41, 5.74) is 6.76. The number of primary amides is 1. The fourth-order valence-corrected chi connectivity index (χ4v) is 2.61. The summed E-state index contributed by atoms with van der Waals surface area (Å²) >= 11 is 0. The number of amides is 1. The van der Waals surface area contributed by atoms with Gasteiger partial charge in [0.15, 0.2) is 5.78 Å². The quantitative estimate of drug-likeness (QED) is 0.840. The van der Waals surface area contributed by atoms with Crippen molar-refractivity contribution in [2.75, 3.05) is 18.2 Å². The van der Waals surface area contributed by atoms with E-state index in [1.807, 2.05) is 0 Å². The Morgan fingerprint density at radius 2 is 2.21 bits per heavy atom. The van der Waals surface area contributed by atoms with Gasteiger partial charge in [-0.25, -0.2) is 4.39 Å². The molecule has 0 spiro atoms. The second kappa shape index (κ2) is 6.76. The Balaban J connectivity index is 1.73. The number of nitrogens with zero attached hydrogens (tertiary/aromatic N) is 2. The van der Waals surface area contributed by atoms with Gasteiger partial charge in [0.2, 0.25) is 5.91 Å². The fraction of sp³-hybridized carbons (Fsp3) is 0.235. The number of hydrogen-bond donors (Lipinski definition) is 1. The van der Waals surface area contributed by atoms with Crippen molar-refractivity contribution in [1.82, 2.24) is 4.98 Å². The molecule has 1 aromatic carbocycles. The average molecular weight is 329 g/mol. The standard InChI is InChI=1S/C17H16FN3O3/c18-12-4-1-3-11(9-12)6-8-24-21-10-13(17(19)23)16(22)15-14(21)5-2-7-20-15/h1-5,7,9,13H,6,8,10H2,(H2,19,23). The van der Waals surface area contributed by atoms with Crippen molar-refractivity contribution in [1.29, 1.82) is 0 Å². The molecule has 2 heterocycles. The Morgan fingerprint density at radius 1 is 1.38 bits per heavy atom. The van der Waals surface area contributed by atoms with Crippen molar-refractivity contribution in [2.45, 2.75) is 6.42 Å². The highest BCUT2D eigenvalue weighted by Gasteiger charge is 2.37. The van der Waals surface area contributed by atoms with E-state index in [-0.39, 0.29) is 24.7 Å². The van der Waals surface area contributed by atoms with E-state index in [0.717, 1.165) is 5.56 Å². The average Bonchev–Trinajstić information content (AvgIpc) is 2.57. The van der Waals surface area contributed by atoms with Gasteiger partial charge in [-0.05, 0) is 36.2 Å². The zero-order valence-corrected chi connectivity index (χ0v) is 12.8. The summed E-state index contributed by atoms with van der Waals surface area (Å²) in [6, 6.07) is 9.62. The Bertz CT molecular complexity index is 781. The maximum Gasteiger partial charge on any atom is 0.230 e. The summed E-state index contributed by atoms with van der Waals surface area (Å²) < 4.78 is 13.2. The number of anilines is 1. The zero-order valence-electron chi connectivity index (χ0n) is 12.8. The molecule has 7 heteroatoms. The number of halogens is 1. The van der Waals surface area contributed by atoms with Crippen LogP contribution in [0.15, 0.2) is 42.6 Å². The van der Waals surface area contributed by atoms with Crippen molar-refractivity contribution in [3.63, 3.8) is 0 Å².